The van der Waals surface area contributed by atoms with Crippen molar-refractivity contribution in [1.82, 2.24) is 33.6 Å². The zero-order valence-electron chi connectivity index (χ0n) is 44.4. The summed E-state index contributed by atoms with van der Waals surface area (Å²) in [4.78, 5) is 67.5. The fourth-order valence-electron chi connectivity index (χ4n) is 7.26. The van der Waals surface area contributed by atoms with Gasteiger partial charge < -0.3 is 41.0 Å². The topological polar surface area (TPSA) is 311 Å². The highest BCUT2D eigenvalue weighted by Crippen LogP contribution is 2.24. The molecule has 0 aliphatic carbocycles. The molecule has 2 heterocycles. The molecule has 0 unspecified atom stereocenters. The van der Waals surface area contributed by atoms with Crippen molar-refractivity contribution in [3.63, 3.8) is 0 Å². The van der Waals surface area contributed by atoms with E-state index in [0.29, 0.717) is 67.3 Å². The molecule has 0 bridgehead atoms. The van der Waals surface area contributed by atoms with Crippen molar-refractivity contribution in [2.75, 3.05) is 51.0 Å². The van der Waals surface area contributed by atoms with Crippen molar-refractivity contribution in [3.05, 3.63) is 230 Å². The van der Waals surface area contributed by atoms with Gasteiger partial charge in [0, 0.05) is 19.6 Å². The Balaban J connectivity index is 0.000000283. The van der Waals surface area contributed by atoms with E-state index in [9.17, 15) is 19.2 Å². The number of hydrogen-bond donors (Lipinski definition) is 5. The van der Waals surface area contributed by atoms with Gasteiger partial charge >= 0.3 is 28.8 Å². The van der Waals surface area contributed by atoms with Crippen LogP contribution in [0.2, 0.25) is 20.1 Å². The van der Waals surface area contributed by atoms with E-state index in [1.54, 1.807) is 112 Å². The summed E-state index contributed by atoms with van der Waals surface area (Å²) >= 11 is 24.1. The van der Waals surface area contributed by atoms with Crippen LogP contribution in [0.3, 0.4) is 0 Å². The van der Waals surface area contributed by atoms with Crippen molar-refractivity contribution in [2.45, 2.75) is 41.0 Å². The smallest absolute Gasteiger partial charge is 0.410 e. The number of nitrogens with one attached hydrogen (secondary N) is 3. The summed E-state index contributed by atoms with van der Waals surface area (Å²) in [5.41, 5.74) is 11.5. The molecule has 2 aromatic heterocycles. The standard InChI is InChI=1S/C22H22Cl2N8O3.C20H21Cl2N5O3.C14H10N2O2.2CH4/c1-35-16-5-2-14(3-6-16)11-31-20(28-9-8-27-19(26)29-13-25)30-21(33)32(22(31)34)12-15-4-7-17(23)18(24)10-15;1-30-15-5-2-13(3-6-15)11-26-18(24-9-8-23)25-19(28)27(20(26)29)12-14-4-7-16(21)17(22)10-14;15-11-16-14(17-12-7-3-1-4-8-12)18-13-9-5-2-6-10-13;;/h2-7,10H,8-9,11-12H2,1H3,(H3,26,27,29)(H,28,30,33);2-7,10H,8-9,11-12,23H2,1H3,(H,24,25,28);1-10H;2*1H4. The number of methoxy groups -OCH3 is 2. The summed E-state index contributed by atoms with van der Waals surface area (Å²) in [7, 11) is 3.14. The van der Waals surface area contributed by atoms with Crippen molar-refractivity contribution in [3.8, 4) is 35.4 Å². The molecule has 7 N–H and O–H groups in total. The van der Waals surface area contributed by atoms with E-state index in [1.807, 2.05) is 60.7 Å². The summed E-state index contributed by atoms with van der Waals surface area (Å²) in [6.07, 6.45) is 3.21. The van der Waals surface area contributed by atoms with Crippen LogP contribution in [0.1, 0.15) is 37.1 Å². The molecule has 6 aromatic carbocycles. The summed E-state index contributed by atoms with van der Waals surface area (Å²) in [6.45, 7) is 1.40. The van der Waals surface area contributed by atoms with Crippen LogP contribution in [0.25, 0.3) is 0 Å². The molecular weight excluding hydrogens is 1180 g/mol. The van der Waals surface area contributed by atoms with E-state index in [-0.39, 0.29) is 78.1 Å². The number of hydrogen-bond acceptors (Lipinski definition) is 17. The molecule has 0 saturated heterocycles. The first-order valence-electron chi connectivity index (χ1n) is 24.8. The molecule has 0 amide bonds. The van der Waals surface area contributed by atoms with Crippen LogP contribution in [0, 0.1) is 22.9 Å². The van der Waals surface area contributed by atoms with Crippen LogP contribution in [0.15, 0.2) is 175 Å². The second-order valence-corrected chi connectivity index (χ2v) is 18.6. The molecule has 0 fully saturated rings. The minimum atomic E-state index is -0.733. The first-order chi connectivity index (χ1) is 40.1. The van der Waals surface area contributed by atoms with Crippen molar-refractivity contribution >= 4 is 70.3 Å². The van der Waals surface area contributed by atoms with E-state index < -0.39 is 22.8 Å². The second-order valence-electron chi connectivity index (χ2n) is 17.0. The third-order valence-corrected chi connectivity index (χ3v) is 12.8. The number of ether oxygens (including phenoxy) is 4. The van der Waals surface area contributed by atoms with E-state index >= 15 is 0 Å². The summed E-state index contributed by atoms with van der Waals surface area (Å²) in [5.74, 6) is 2.68. The van der Waals surface area contributed by atoms with Gasteiger partial charge in [-0.25, -0.2) is 28.3 Å². The average molecular weight is 1240 g/mol. The molecule has 0 spiro atoms. The van der Waals surface area contributed by atoms with Crippen LogP contribution in [0.4, 0.5) is 11.9 Å². The van der Waals surface area contributed by atoms with Crippen LogP contribution >= 0.6 is 46.4 Å². The Bertz CT molecular complexity index is 3810. The third kappa shape index (κ3) is 20.6. The second kappa shape index (κ2) is 34.7. The van der Waals surface area contributed by atoms with Gasteiger partial charge in [-0.1, -0.05) is 139 Å². The minimum Gasteiger partial charge on any atom is -0.497 e. The predicted octanol–water partition coefficient (Wildman–Crippen LogP) is 8.06. The zero-order valence-corrected chi connectivity index (χ0v) is 47.4. The number of guanidine groups is 1. The number of aromatic nitrogens is 6. The Kier molecular flexibility index (Phi) is 27.7. The molecule has 444 valence electrons. The zero-order chi connectivity index (χ0) is 59.7. The maximum atomic E-state index is 13.4. The fraction of sp³-hybridized carbons (Fsp3) is 0.207. The highest BCUT2D eigenvalue weighted by Gasteiger charge is 2.17. The van der Waals surface area contributed by atoms with Gasteiger partial charge in [0.15, 0.2) is 6.19 Å². The minimum absolute atomic E-state index is 0. The number of nitrogens with zero attached hydrogens (tertiary/aromatic N) is 10. The van der Waals surface area contributed by atoms with Crippen molar-refractivity contribution < 1.29 is 18.9 Å². The van der Waals surface area contributed by atoms with Crippen LogP contribution in [-0.4, -0.2) is 80.7 Å². The molecule has 23 nitrogen and oxygen atoms in total. The lowest BCUT2D eigenvalue weighted by atomic mass is 10.2. The predicted molar refractivity (Wildman–Crippen MR) is 333 cm³/mol. The molecular formula is C58H61Cl4N15O8. The van der Waals surface area contributed by atoms with Gasteiger partial charge in [-0.05, 0) is 95.1 Å². The first-order valence-corrected chi connectivity index (χ1v) is 26.3. The van der Waals surface area contributed by atoms with E-state index in [0.717, 1.165) is 20.3 Å². The first kappa shape index (κ1) is 67.9. The summed E-state index contributed by atoms with van der Waals surface area (Å²) < 4.78 is 25.9. The van der Waals surface area contributed by atoms with Gasteiger partial charge in [-0.3, -0.25) is 19.4 Å². The maximum Gasteiger partial charge on any atom is 0.410 e. The highest BCUT2D eigenvalue weighted by molar-refractivity contribution is 6.42. The van der Waals surface area contributed by atoms with E-state index in [2.05, 4.69) is 35.9 Å². The Morgan fingerprint density at radius 3 is 1.33 bits per heavy atom. The number of rotatable bonds is 19. The molecule has 8 rings (SSSR count). The normalized spacial score (nSPS) is 10.3. The molecule has 27 heteroatoms. The molecule has 0 aliphatic heterocycles. The number of halogens is 4. The summed E-state index contributed by atoms with van der Waals surface area (Å²) in [5, 5.41) is 26.7. The monoisotopic (exact) mass is 1240 g/mol. The third-order valence-electron chi connectivity index (χ3n) is 11.3. The Morgan fingerprint density at radius 2 is 0.953 bits per heavy atom. The molecule has 0 atom stereocenters. The number of aliphatic imine (C=N–C) groups is 2. The molecule has 85 heavy (non-hydrogen) atoms. The summed E-state index contributed by atoms with van der Waals surface area (Å²) in [6, 6.07) is 42.3. The van der Waals surface area contributed by atoms with E-state index in [4.69, 9.17) is 87.3 Å². The van der Waals surface area contributed by atoms with E-state index in [1.165, 1.54) is 9.13 Å². The van der Waals surface area contributed by atoms with Crippen molar-refractivity contribution in [2.24, 2.45) is 21.5 Å². The average Bonchev–Trinajstić information content (AvgIpc) is 2.48. The van der Waals surface area contributed by atoms with Gasteiger partial charge in [0.05, 0.1) is 67.0 Å². The lowest BCUT2D eigenvalue weighted by molar-refractivity contribution is 0.386. The highest BCUT2D eigenvalue weighted by atomic mass is 35.5. The van der Waals surface area contributed by atoms with Gasteiger partial charge in [-0.2, -0.15) is 20.5 Å². The molecule has 8 aromatic rings. The Morgan fingerprint density at radius 1 is 0.553 bits per heavy atom. The number of nitrogens with two attached hydrogens (primary N) is 2. The van der Waals surface area contributed by atoms with Gasteiger partial charge in [0.2, 0.25) is 24.0 Å². The van der Waals surface area contributed by atoms with Crippen LogP contribution in [-0.2, 0) is 26.2 Å². The van der Waals surface area contributed by atoms with Crippen molar-refractivity contribution in [1.29, 1.82) is 10.5 Å². The number of benzene rings is 6. The Labute approximate surface area is 509 Å². The lowest BCUT2D eigenvalue weighted by Crippen LogP contribution is -2.43. The van der Waals surface area contributed by atoms with Crippen LogP contribution in [0.5, 0.6) is 23.0 Å². The molecule has 0 saturated carbocycles. The lowest BCUT2D eigenvalue weighted by Gasteiger charge is -2.16. The number of anilines is 2. The molecule has 0 aliphatic rings. The quantitative estimate of drug-likeness (QED) is 0.0168. The molecule has 0 radical (unpaired) electrons. The maximum absolute atomic E-state index is 13.4. The van der Waals surface area contributed by atoms with Crippen LogP contribution < -0.4 is 69.1 Å². The number of nitriles is 2. The SMILES string of the molecule is C.C.COc1ccc(Cn2c(NCCN)nc(=O)n(Cc3ccc(Cl)c(Cl)c3)c2=O)cc1.COc1ccc(Cn2c(NCCN=C(N)NC#N)nc(=O)n(Cc3ccc(Cl)c(Cl)c3)c2=O)cc1.N#CN=C(Oc1ccccc1)Oc1ccccc1. The number of para-hydroxylation sites is 2. The van der Waals surface area contributed by atoms with Gasteiger partial charge in [0.25, 0.3) is 0 Å². The fourth-order valence-corrected chi connectivity index (χ4v) is 7.90. The van der Waals surface area contributed by atoms with Gasteiger partial charge in [0.1, 0.15) is 23.0 Å². The largest absolute Gasteiger partial charge is 0.497 e. The van der Waals surface area contributed by atoms with Gasteiger partial charge in [-0.15, -0.1) is 0 Å². The Hall–Kier alpha value is -9.62.